The molecule has 0 radical (unpaired) electrons. The van der Waals surface area contributed by atoms with Gasteiger partial charge in [-0.3, -0.25) is 0 Å². The van der Waals surface area contributed by atoms with Gasteiger partial charge in [0.05, 0.1) is 0 Å². The molecule has 0 aliphatic heterocycles. The van der Waals surface area contributed by atoms with Crippen molar-refractivity contribution in [2.75, 3.05) is 0 Å². The molecule has 0 aromatic heterocycles. The van der Waals surface area contributed by atoms with Crippen LogP contribution in [0.2, 0.25) is 0 Å². The van der Waals surface area contributed by atoms with Gasteiger partial charge in [0.2, 0.25) is 0 Å². The zero-order valence-corrected chi connectivity index (χ0v) is 17.8. The van der Waals surface area contributed by atoms with E-state index in [9.17, 15) is 5.11 Å². The van der Waals surface area contributed by atoms with Crippen molar-refractivity contribution in [1.29, 1.82) is 0 Å². The maximum atomic E-state index is 11.1. The van der Waals surface area contributed by atoms with Crippen LogP contribution in [0.25, 0.3) is 33.0 Å². The van der Waals surface area contributed by atoms with Crippen molar-refractivity contribution < 1.29 is 5.11 Å². The van der Waals surface area contributed by atoms with Crippen LogP contribution in [0.1, 0.15) is 50.7 Å². The Bertz CT molecular complexity index is 1230. The van der Waals surface area contributed by atoms with Gasteiger partial charge in [0.1, 0.15) is 5.75 Å². The molecule has 0 atom stereocenters. The van der Waals surface area contributed by atoms with E-state index in [1.165, 1.54) is 22.3 Å². The van der Waals surface area contributed by atoms with Gasteiger partial charge in [-0.1, -0.05) is 99.5 Å². The molecule has 0 saturated heterocycles. The Morgan fingerprint density at radius 2 is 1.33 bits per heavy atom. The summed E-state index contributed by atoms with van der Waals surface area (Å²) in [4.78, 5) is 0. The Balaban J connectivity index is 1.74. The van der Waals surface area contributed by atoms with Gasteiger partial charge in [-0.05, 0) is 52.1 Å². The second kappa shape index (κ2) is 7.32. The molecule has 4 aromatic carbocycles. The molecule has 0 spiro atoms. The second-order valence-corrected chi connectivity index (χ2v) is 8.57. The molecule has 1 aliphatic carbocycles. The lowest BCUT2D eigenvalue weighted by molar-refractivity contribution is 0.436. The van der Waals surface area contributed by atoms with Crippen LogP contribution < -0.4 is 0 Å². The Morgan fingerprint density at radius 1 is 0.667 bits per heavy atom. The van der Waals surface area contributed by atoms with Gasteiger partial charge in [-0.25, -0.2) is 0 Å². The molecule has 0 bridgehead atoms. The normalized spacial score (nSPS) is 13.9. The van der Waals surface area contributed by atoms with Crippen LogP contribution >= 0.6 is 0 Å². The van der Waals surface area contributed by atoms with E-state index in [0.717, 1.165) is 47.6 Å². The van der Waals surface area contributed by atoms with Gasteiger partial charge in [0, 0.05) is 16.4 Å². The fourth-order valence-electron chi connectivity index (χ4n) is 5.63. The lowest BCUT2D eigenvalue weighted by Gasteiger charge is -2.32. The predicted octanol–water partition coefficient (Wildman–Crippen LogP) is 8.08. The Hall–Kier alpha value is -3.06. The summed E-state index contributed by atoms with van der Waals surface area (Å²) in [5.41, 5.74) is 7.72. The van der Waals surface area contributed by atoms with E-state index < -0.39 is 0 Å². The highest BCUT2D eigenvalue weighted by Gasteiger charge is 2.41. The van der Waals surface area contributed by atoms with Gasteiger partial charge in [0.15, 0.2) is 0 Å². The molecule has 0 amide bonds. The number of aromatic hydroxyl groups is 1. The number of fused-ring (bicyclic) bond motifs is 4. The van der Waals surface area contributed by atoms with E-state index in [2.05, 4.69) is 68.4 Å². The van der Waals surface area contributed by atoms with Crippen LogP contribution in [0.15, 0.2) is 78.9 Å². The third kappa shape index (κ3) is 2.69. The lowest BCUT2D eigenvalue weighted by Crippen LogP contribution is -2.25. The number of benzene rings is 4. The number of phenols is 1. The van der Waals surface area contributed by atoms with Crippen molar-refractivity contribution in [1.82, 2.24) is 0 Å². The molecule has 4 aromatic rings. The average molecular weight is 393 g/mol. The molecule has 0 unspecified atom stereocenters. The summed E-state index contributed by atoms with van der Waals surface area (Å²) in [7, 11) is 0. The first-order chi connectivity index (χ1) is 14.7. The van der Waals surface area contributed by atoms with E-state index in [4.69, 9.17) is 0 Å². The zero-order valence-electron chi connectivity index (χ0n) is 17.8. The van der Waals surface area contributed by atoms with E-state index in [-0.39, 0.29) is 5.41 Å². The molecule has 1 N–H and O–H groups in total. The largest absolute Gasteiger partial charge is 0.507 e. The number of hydrogen-bond acceptors (Lipinski definition) is 1. The van der Waals surface area contributed by atoms with Gasteiger partial charge in [-0.2, -0.15) is 0 Å². The maximum Gasteiger partial charge on any atom is 0.131 e. The van der Waals surface area contributed by atoms with Gasteiger partial charge in [-0.15, -0.1) is 0 Å². The molecule has 0 fully saturated rings. The fraction of sp³-hybridized carbons (Fsp3) is 0.241. The first-order valence-corrected chi connectivity index (χ1v) is 11.1. The molecule has 150 valence electrons. The van der Waals surface area contributed by atoms with Crippen molar-refractivity contribution in [3.05, 3.63) is 90.0 Å². The minimum atomic E-state index is 0.0674. The molecule has 0 saturated carbocycles. The summed E-state index contributed by atoms with van der Waals surface area (Å²) in [5, 5.41) is 13.0. The molecule has 30 heavy (non-hydrogen) atoms. The summed E-state index contributed by atoms with van der Waals surface area (Å²) < 4.78 is 0. The Labute approximate surface area is 179 Å². The zero-order chi connectivity index (χ0) is 20.7. The topological polar surface area (TPSA) is 20.2 Å². The highest BCUT2D eigenvalue weighted by atomic mass is 16.3. The van der Waals surface area contributed by atoms with Gasteiger partial charge in [0.25, 0.3) is 0 Å². The highest BCUT2D eigenvalue weighted by Crippen LogP contribution is 2.54. The standard InChI is InChI=1S/C29H28O/c1-3-17-29(18-4-2)26-12-8-7-11-24(26)25-16-14-21(19-27(25)29)23-15-13-20-9-5-6-10-22(20)28(23)30/h5-16,19,30H,3-4,17-18H2,1-2H3. The molecular formula is C29H28O. The molecule has 1 aliphatic rings. The summed E-state index contributed by atoms with van der Waals surface area (Å²) in [6, 6.07) is 27.9. The van der Waals surface area contributed by atoms with E-state index in [1.807, 2.05) is 24.3 Å². The first-order valence-electron chi connectivity index (χ1n) is 11.1. The van der Waals surface area contributed by atoms with Crippen LogP contribution in [0.5, 0.6) is 5.75 Å². The van der Waals surface area contributed by atoms with Crippen LogP contribution in [0, 0.1) is 0 Å². The minimum Gasteiger partial charge on any atom is -0.507 e. The van der Waals surface area contributed by atoms with Crippen LogP contribution in [0.3, 0.4) is 0 Å². The van der Waals surface area contributed by atoms with Crippen molar-refractivity contribution >= 4 is 10.8 Å². The quantitative estimate of drug-likeness (QED) is 0.364. The van der Waals surface area contributed by atoms with Crippen molar-refractivity contribution in [2.24, 2.45) is 0 Å². The van der Waals surface area contributed by atoms with Gasteiger partial charge < -0.3 is 5.11 Å². The summed E-state index contributed by atoms with van der Waals surface area (Å²) in [5.74, 6) is 0.375. The van der Waals surface area contributed by atoms with Crippen molar-refractivity contribution in [2.45, 2.75) is 44.9 Å². The van der Waals surface area contributed by atoms with Gasteiger partial charge >= 0.3 is 0 Å². The second-order valence-electron chi connectivity index (χ2n) is 8.57. The lowest BCUT2D eigenvalue weighted by atomic mass is 9.71. The molecule has 1 heteroatoms. The van der Waals surface area contributed by atoms with E-state index in [0.29, 0.717) is 5.75 Å². The SMILES string of the molecule is CCCC1(CCC)c2ccccc2-c2ccc(-c3ccc4ccccc4c3O)cc21. The van der Waals surface area contributed by atoms with Crippen LogP contribution in [-0.2, 0) is 5.41 Å². The third-order valence-corrected chi connectivity index (χ3v) is 6.83. The van der Waals surface area contributed by atoms with Crippen molar-refractivity contribution in [3.8, 4) is 28.0 Å². The number of rotatable bonds is 5. The fourth-order valence-corrected chi connectivity index (χ4v) is 5.63. The molecule has 5 rings (SSSR count). The Kier molecular flexibility index (Phi) is 4.62. The van der Waals surface area contributed by atoms with E-state index in [1.54, 1.807) is 0 Å². The molecule has 1 nitrogen and oxygen atoms in total. The molecule has 0 heterocycles. The highest BCUT2D eigenvalue weighted by molar-refractivity contribution is 5.95. The maximum absolute atomic E-state index is 11.1. The van der Waals surface area contributed by atoms with Crippen molar-refractivity contribution in [3.63, 3.8) is 0 Å². The van der Waals surface area contributed by atoms with Crippen LogP contribution in [-0.4, -0.2) is 5.11 Å². The number of phenolic OH excluding ortho intramolecular Hbond substituents is 1. The van der Waals surface area contributed by atoms with E-state index >= 15 is 0 Å². The average Bonchev–Trinajstić information content (AvgIpc) is 3.04. The smallest absolute Gasteiger partial charge is 0.131 e. The Morgan fingerprint density at radius 3 is 2.13 bits per heavy atom. The first kappa shape index (κ1) is 18.9. The summed E-state index contributed by atoms with van der Waals surface area (Å²) >= 11 is 0. The third-order valence-electron chi connectivity index (χ3n) is 6.83. The van der Waals surface area contributed by atoms with Crippen LogP contribution in [0.4, 0.5) is 0 Å². The molecular weight excluding hydrogens is 364 g/mol. The monoisotopic (exact) mass is 392 g/mol. The number of hydrogen-bond donors (Lipinski definition) is 1. The summed E-state index contributed by atoms with van der Waals surface area (Å²) in [6.45, 7) is 4.58. The summed E-state index contributed by atoms with van der Waals surface area (Å²) in [6.07, 6.45) is 4.61. The predicted molar refractivity (Wildman–Crippen MR) is 127 cm³/mol. The minimum absolute atomic E-state index is 0.0674.